The van der Waals surface area contributed by atoms with Gasteiger partial charge in [0.15, 0.2) is 0 Å². The average Bonchev–Trinajstić information content (AvgIpc) is 2.68. The molecule has 0 aliphatic carbocycles. The molecule has 0 saturated carbocycles. The van der Waals surface area contributed by atoms with E-state index in [2.05, 4.69) is 23.7 Å². The van der Waals surface area contributed by atoms with Crippen LogP contribution in [-0.2, 0) is 5.92 Å². The van der Waals surface area contributed by atoms with Crippen molar-refractivity contribution in [3.05, 3.63) is 71.3 Å². The number of likely N-dealkylation sites (tertiary alicyclic amines) is 1. The molecule has 0 spiro atoms. The maximum atomic E-state index is 14.1. The smallest absolute Gasteiger partial charge is 0.270 e. The minimum absolute atomic E-state index is 0.113. The molecule has 1 unspecified atom stereocenters. The van der Waals surface area contributed by atoms with E-state index in [1.54, 1.807) is 11.9 Å². The summed E-state index contributed by atoms with van der Waals surface area (Å²) in [5.74, 6) is -5.68. The molecule has 4 nitrogen and oxygen atoms in total. The van der Waals surface area contributed by atoms with E-state index >= 15 is 0 Å². The molecule has 2 aromatic rings. The molecule has 8 heteroatoms. The first-order valence-electron chi connectivity index (χ1n) is 10.4. The molecule has 2 aromatic carbocycles. The fourth-order valence-electron chi connectivity index (χ4n) is 4.10. The summed E-state index contributed by atoms with van der Waals surface area (Å²) in [5, 5.41) is 0. The van der Waals surface area contributed by atoms with Crippen molar-refractivity contribution in [1.29, 1.82) is 0 Å². The van der Waals surface area contributed by atoms with Gasteiger partial charge in [0.1, 0.15) is 0 Å². The highest BCUT2D eigenvalue weighted by atomic mass is 19.3. The summed E-state index contributed by atoms with van der Waals surface area (Å²) in [6, 6.07) is 10.6. The normalized spacial score (nSPS) is 18.2. The summed E-state index contributed by atoms with van der Waals surface area (Å²) < 4.78 is 56.6. The van der Waals surface area contributed by atoms with Crippen LogP contribution in [0.3, 0.4) is 0 Å². The molecular weight excluding hydrogens is 420 g/mol. The second-order valence-corrected chi connectivity index (χ2v) is 8.71. The number of nitrogens with zero attached hydrogens (tertiary/aromatic N) is 3. The average molecular weight is 446 g/mol. The van der Waals surface area contributed by atoms with E-state index in [9.17, 15) is 17.6 Å². The first-order chi connectivity index (χ1) is 14.9. The molecule has 32 heavy (non-hydrogen) atoms. The van der Waals surface area contributed by atoms with Gasteiger partial charge in [-0.05, 0) is 17.7 Å². The van der Waals surface area contributed by atoms with Gasteiger partial charge in [0.25, 0.3) is 11.8 Å². The van der Waals surface area contributed by atoms with Crippen molar-refractivity contribution in [1.82, 2.24) is 9.80 Å². The van der Waals surface area contributed by atoms with Crippen LogP contribution in [0.1, 0.15) is 48.1 Å². The van der Waals surface area contributed by atoms with Gasteiger partial charge in [0.2, 0.25) is 5.96 Å². The van der Waals surface area contributed by atoms with Crippen molar-refractivity contribution in [2.24, 2.45) is 10.7 Å². The highest BCUT2D eigenvalue weighted by Gasteiger charge is 2.40. The van der Waals surface area contributed by atoms with E-state index in [1.165, 1.54) is 11.6 Å². The Morgan fingerprint density at radius 3 is 2.28 bits per heavy atom. The van der Waals surface area contributed by atoms with E-state index in [0.717, 1.165) is 13.0 Å². The number of halogens is 4. The Hall–Kier alpha value is -2.87. The third-order valence-electron chi connectivity index (χ3n) is 6.19. The lowest BCUT2D eigenvalue weighted by Crippen LogP contribution is -2.53. The first kappa shape index (κ1) is 22.3. The topological polar surface area (TPSA) is 44.9 Å². The minimum atomic E-state index is -3.31. The van der Waals surface area contributed by atoms with Gasteiger partial charge in [0.05, 0.1) is 11.7 Å². The number of nitrogens with two attached hydrogens (primary N) is 1. The van der Waals surface area contributed by atoms with Gasteiger partial charge in [-0.25, -0.2) is 22.6 Å². The molecule has 2 N–H and O–H groups in total. The van der Waals surface area contributed by atoms with Gasteiger partial charge < -0.3 is 15.5 Å². The molecule has 0 radical (unpaired) electrons. The Balaban J connectivity index is 1.76. The summed E-state index contributed by atoms with van der Waals surface area (Å²) in [6.07, 6.45) is 0. The third-order valence-corrected chi connectivity index (χ3v) is 6.19. The number of guanidine groups is 1. The number of alkyl halides is 4. The standard InChI is InChI=1S/C24H26F4N4/c1-14-18-10-17(23(2,25)26)11-19(21(29)24(3,27)28)20(18)30-22(31(14)4)32-12-16(13-32)15-8-6-5-7-9-15/h5-11,16,21H,1,12-13,29H2,2-4H3. The molecule has 0 aromatic heterocycles. The first-order valence-corrected chi connectivity index (χ1v) is 10.4. The maximum Gasteiger partial charge on any atom is 0.270 e. The van der Waals surface area contributed by atoms with Crippen LogP contribution in [0.2, 0.25) is 0 Å². The van der Waals surface area contributed by atoms with E-state index in [1.807, 2.05) is 23.1 Å². The highest BCUT2D eigenvalue weighted by molar-refractivity contribution is 5.97. The zero-order valence-corrected chi connectivity index (χ0v) is 18.2. The van der Waals surface area contributed by atoms with E-state index in [-0.39, 0.29) is 16.8 Å². The van der Waals surface area contributed by atoms with Gasteiger partial charge >= 0.3 is 0 Å². The SMILES string of the molecule is C=C1c2cc(C(C)(F)F)cc(C(N)C(C)(F)F)c2N=C(N2CC(c3ccccc3)C2)N1C. The Bertz CT molecular complexity index is 1060. The van der Waals surface area contributed by atoms with Gasteiger partial charge in [-0.3, -0.25) is 0 Å². The van der Waals surface area contributed by atoms with Crippen LogP contribution in [0.4, 0.5) is 23.2 Å². The molecular formula is C24H26F4N4. The number of aliphatic imine (C=N–C) groups is 1. The molecule has 2 heterocycles. The fraction of sp³-hybridized carbons (Fsp3) is 0.375. The van der Waals surface area contributed by atoms with Crippen LogP contribution in [0.15, 0.2) is 54.0 Å². The van der Waals surface area contributed by atoms with Crippen LogP contribution in [0.5, 0.6) is 0 Å². The summed E-state index contributed by atoms with van der Waals surface area (Å²) in [5.41, 5.74) is 7.40. The Morgan fingerprint density at radius 2 is 1.72 bits per heavy atom. The van der Waals surface area contributed by atoms with Gasteiger partial charge in [-0.1, -0.05) is 36.9 Å². The lowest BCUT2D eigenvalue weighted by molar-refractivity contribution is -0.00690. The van der Waals surface area contributed by atoms with E-state index in [0.29, 0.717) is 37.6 Å². The number of hydrogen-bond acceptors (Lipinski definition) is 4. The van der Waals surface area contributed by atoms with E-state index < -0.39 is 23.5 Å². The quantitative estimate of drug-likeness (QED) is 0.635. The number of hydrogen-bond donors (Lipinski definition) is 1. The molecule has 1 saturated heterocycles. The molecule has 1 fully saturated rings. The summed E-state index contributed by atoms with van der Waals surface area (Å²) in [4.78, 5) is 8.36. The van der Waals surface area contributed by atoms with Crippen molar-refractivity contribution in [2.45, 2.75) is 37.7 Å². The van der Waals surface area contributed by atoms with Crippen molar-refractivity contribution >= 4 is 17.3 Å². The summed E-state index contributed by atoms with van der Waals surface area (Å²) >= 11 is 0. The zero-order chi connectivity index (χ0) is 23.4. The van der Waals surface area contributed by atoms with Crippen molar-refractivity contribution < 1.29 is 17.6 Å². The maximum absolute atomic E-state index is 14.1. The molecule has 0 bridgehead atoms. The van der Waals surface area contributed by atoms with Crippen molar-refractivity contribution in [3.8, 4) is 0 Å². The molecule has 1 atom stereocenters. The zero-order valence-electron chi connectivity index (χ0n) is 18.2. The second-order valence-electron chi connectivity index (χ2n) is 8.71. The van der Waals surface area contributed by atoms with Crippen LogP contribution in [-0.4, -0.2) is 41.8 Å². The Labute approximate surface area is 185 Å². The van der Waals surface area contributed by atoms with Gasteiger partial charge in [-0.2, -0.15) is 0 Å². The molecule has 2 aliphatic rings. The van der Waals surface area contributed by atoms with Crippen molar-refractivity contribution in [3.63, 3.8) is 0 Å². The fourth-order valence-corrected chi connectivity index (χ4v) is 4.10. The second kappa shape index (κ2) is 7.62. The summed E-state index contributed by atoms with van der Waals surface area (Å²) in [6.45, 7) is 6.84. The predicted octanol–water partition coefficient (Wildman–Crippen LogP) is 5.46. The van der Waals surface area contributed by atoms with Gasteiger partial charge in [-0.15, -0.1) is 0 Å². The van der Waals surface area contributed by atoms with Crippen LogP contribution >= 0.6 is 0 Å². The Kier molecular flexibility index (Phi) is 5.32. The summed E-state index contributed by atoms with van der Waals surface area (Å²) in [7, 11) is 1.74. The lowest BCUT2D eigenvalue weighted by Gasteiger charge is -2.46. The number of fused-ring (bicyclic) bond motifs is 1. The predicted molar refractivity (Wildman–Crippen MR) is 118 cm³/mol. The molecule has 2 aliphatic heterocycles. The van der Waals surface area contributed by atoms with Crippen LogP contribution in [0, 0.1) is 0 Å². The Morgan fingerprint density at radius 1 is 1.09 bits per heavy atom. The third kappa shape index (κ3) is 3.88. The highest BCUT2D eigenvalue weighted by Crippen LogP contribution is 2.45. The lowest BCUT2D eigenvalue weighted by atomic mass is 9.90. The molecule has 0 amide bonds. The molecule has 4 rings (SSSR count). The number of rotatable bonds is 4. The van der Waals surface area contributed by atoms with Gasteiger partial charge in [0, 0.05) is 62.3 Å². The van der Waals surface area contributed by atoms with Crippen LogP contribution < -0.4 is 5.73 Å². The van der Waals surface area contributed by atoms with E-state index in [4.69, 9.17) is 5.73 Å². The van der Waals surface area contributed by atoms with Crippen molar-refractivity contribution in [2.75, 3.05) is 20.1 Å². The number of benzene rings is 2. The largest absolute Gasteiger partial charge is 0.341 e. The minimum Gasteiger partial charge on any atom is -0.341 e. The monoisotopic (exact) mass is 446 g/mol. The molecule has 170 valence electrons. The van der Waals surface area contributed by atoms with Crippen LogP contribution in [0.25, 0.3) is 5.70 Å².